The van der Waals surface area contributed by atoms with E-state index < -0.39 is 30.1 Å². The molecule has 1 atom stereocenters. The molecule has 0 saturated heterocycles. The molecule has 116 valence electrons. The molecular weight excluding hydrogens is 295 g/mol. The topological polar surface area (TPSA) is 95.9 Å². The van der Waals surface area contributed by atoms with Gasteiger partial charge in [0.1, 0.15) is 5.75 Å². The van der Waals surface area contributed by atoms with Crippen LogP contribution < -0.4 is 10.1 Å². The van der Waals surface area contributed by atoms with Crippen LogP contribution in [0, 0.1) is 0 Å². The lowest BCUT2D eigenvalue weighted by atomic mass is 10.2. The third-order valence-electron chi connectivity index (χ3n) is 2.34. The molecule has 0 fully saturated rings. The smallest absolute Gasteiger partial charge is 0.479 e. The lowest BCUT2D eigenvalue weighted by molar-refractivity contribution is -0.274. The van der Waals surface area contributed by atoms with Crippen LogP contribution in [0.25, 0.3) is 0 Å². The number of aliphatic hydroxyl groups is 1. The van der Waals surface area contributed by atoms with E-state index in [1.807, 2.05) is 0 Å². The SMILES string of the molecule is O=C(NCCC(O)C(=O)O)c1ccc(OC(F)(F)F)cc1. The highest BCUT2D eigenvalue weighted by Gasteiger charge is 2.31. The average Bonchev–Trinajstić information content (AvgIpc) is 2.37. The molecule has 0 aromatic heterocycles. The van der Waals surface area contributed by atoms with E-state index in [2.05, 4.69) is 10.1 Å². The Hall–Kier alpha value is -2.29. The highest BCUT2D eigenvalue weighted by atomic mass is 19.4. The van der Waals surface area contributed by atoms with Crippen LogP contribution >= 0.6 is 0 Å². The lowest BCUT2D eigenvalue weighted by Gasteiger charge is -2.10. The summed E-state index contributed by atoms with van der Waals surface area (Å²) in [4.78, 5) is 21.9. The van der Waals surface area contributed by atoms with Gasteiger partial charge in [-0.3, -0.25) is 4.79 Å². The summed E-state index contributed by atoms with van der Waals surface area (Å²) in [5.74, 6) is -2.47. The average molecular weight is 307 g/mol. The number of amides is 1. The molecule has 9 heteroatoms. The number of rotatable bonds is 6. The van der Waals surface area contributed by atoms with Crippen LogP contribution in [-0.4, -0.2) is 41.1 Å². The molecule has 0 saturated carbocycles. The summed E-state index contributed by atoms with van der Waals surface area (Å²) in [6, 6.07) is 4.22. The maximum atomic E-state index is 11.9. The third-order valence-corrected chi connectivity index (χ3v) is 2.34. The number of nitrogens with one attached hydrogen (secondary N) is 1. The van der Waals surface area contributed by atoms with Gasteiger partial charge < -0.3 is 20.3 Å². The van der Waals surface area contributed by atoms with Crippen molar-refractivity contribution >= 4 is 11.9 Å². The summed E-state index contributed by atoms with van der Waals surface area (Å²) >= 11 is 0. The zero-order valence-electron chi connectivity index (χ0n) is 10.6. The summed E-state index contributed by atoms with van der Waals surface area (Å²) < 4.78 is 39.4. The van der Waals surface area contributed by atoms with Crippen LogP contribution in [0.15, 0.2) is 24.3 Å². The number of halogens is 3. The van der Waals surface area contributed by atoms with E-state index in [0.717, 1.165) is 24.3 Å². The number of carboxylic acid groups (broad SMARTS) is 1. The normalized spacial score (nSPS) is 12.6. The van der Waals surface area contributed by atoms with Gasteiger partial charge in [-0.2, -0.15) is 0 Å². The van der Waals surface area contributed by atoms with Crippen LogP contribution in [0.1, 0.15) is 16.8 Å². The second kappa shape index (κ2) is 6.93. The van der Waals surface area contributed by atoms with Crippen LogP contribution in [0.4, 0.5) is 13.2 Å². The van der Waals surface area contributed by atoms with Crippen LogP contribution in [0.5, 0.6) is 5.75 Å². The molecule has 1 rings (SSSR count). The number of aliphatic hydroxyl groups excluding tert-OH is 1. The fourth-order valence-electron chi connectivity index (χ4n) is 1.36. The number of alkyl halides is 3. The largest absolute Gasteiger partial charge is 0.573 e. The van der Waals surface area contributed by atoms with Gasteiger partial charge >= 0.3 is 12.3 Å². The first-order chi connectivity index (χ1) is 9.69. The molecule has 1 unspecified atom stereocenters. The molecule has 1 aromatic rings. The molecule has 0 aliphatic carbocycles. The van der Waals surface area contributed by atoms with Crippen molar-refractivity contribution in [3.63, 3.8) is 0 Å². The number of ether oxygens (including phenoxy) is 1. The molecule has 0 aliphatic heterocycles. The molecule has 0 bridgehead atoms. The first-order valence-corrected chi connectivity index (χ1v) is 5.74. The summed E-state index contributed by atoms with van der Waals surface area (Å²) in [6.07, 6.45) is -6.58. The number of aliphatic carboxylic acids is 1. The second-order valence-corrected chi connectivity index (χ2v) is 3.97. The first kappa shape index (κ1) is 16.8. The summed E-state index contributed by atoms with van der Waals surface area (Å²) in [5.41, 5.74) is 0.0781. The van der Waals surface area contributed by atoms with Gasteiger partial charge in [-0.15, -0.1) is 13.2 Å². The molecule has 3 N–H and O–H groups in total. The zero-order chi connectivity index (χ0) is 16.0. The van der Waals surface area contributed by atoms with E-state index in [-0.39, 0.29) is 18.5 Å². The second-order valence-electron chi connectivity index (χ2n) is 3.97. The molecule has 21 heavy (non-hydrogen) atoms. The molecule has 1 amide bonds. The van der Waals surface area contributed by atoms with E-state index >= 15 is 0 Å². The van der Waals surface area contributed by atoms with E-state index in [1.54, 1.807) is 0 Å². The Morgan fingerprint density at radius 2 is 1.81 bits per heavy atom. The highest BCUT2D eigenvalue weighted by molar-refractivity contribution is 5.94. The van der Waals surface area contributed by atoms with Gasteiger partial charge in [0.2, 0.25) is 0 Å². The number of carbonyl (C=O) groups excluding carboxylic acids is 1. The Bertz CT molecular complexity index is 501. The van der Waals surface area contributed by atoms with Crippen LogP contribution in [0.2, 0.25) is 0 Å². The molecule has 0 aliphatic rings. The summed E-state index contributed by atoms with van der Waals surface area (Å²) in [5, 5.41) is 19.7. The van der Waals surface area contributed by atoms with Crippen molar-refractivity contribution in [2.75, 3.05) is 6.54 Å². The van der Waals surface area contributed by atoms with Gasteiger partial charge in [-0.1, -0.05) is 0 Å². The number of hydrogen-bond acceptors (Lipinski definition) is 4. The van der Waals surface area contributed by atoms with Gasteiger partial charge in [-0.25, -0.2) is 4.79 Å². The van der Waals surface area contributed by atoms with E-state index in [9.17, 15) is 22.8 Å². The van der Waals surface area contributed by atoms with Gasteiger partial charge in [0.25, 0.3) is 5.91 Å². The fraction of sp³-hybridized carbons (Fsp3) is 0.333. The Balaban J connectivity index is 2.50. The Kier molecular flexibility index (Phi) is 5.53. The van der Waals surface area contributed by atoms with Crippen molar-refractivity contribution < 1.29 is 37.7 Å². The molecule has 0 spiro atoms. The minimum absolute atomic E-state index is 0.0781. The van der Waals surface area contributed by atoms with Crippen LogP contribution in [-0.2, 0) is 4.79 Å². The highest BCUT2D eigenvalue weighted by Crippen LogP contribution is 2.22. The number of carboxylic acids is 1. The minimum atomic E-state index is -4.81. The zero-order valence-corrected chi connectivity index (χ0v) is 10.6. The van der Waals surface area contributed by atoms with Gasteiger partial charge in [0.15, 0.2) is 6.10 Å². The quantitative estimate of drug-likeness (QED) is 0.732. The molecule has 1 aromatic carbocycles. The van der Waals surface area contributed by atoms with E-state index in [4.69, 9.17) is 10.2 Å². The van der Waals surface area contributed by atoms with Crippen molar-refractivity contribution in [1.29, 1.82) is 0 Å². The summed E-state index contributed by atoms with van der Waals surface area (Å²) in [7, 11) is 0. The van der Waals surface area contributed by atoms with Crippen molar-refractivity contribution in [2.24, 2.45) is 0 Å². The maximum absolute atomic E-state index is 11.9. The number of benzene rings is 1. The van der Waals surface area contributed by atoms with Gasteiger partial charge in [0.05, 0.1) is 0 Å². The maximum Gasteiger partial charge on any atom is 0.573 e. The van der Waals surface area contributed by atoms with E-state index in [1.165, 1.54) is 0 Å². The van der Waals surface area contributed by atoms with Crippen molar-refractivity contribution in [3.05, 3.63) is 29.8 Å². The minimum Gasteiger partial charge on any atom is -0.479 e. The fourth-order valence-corrected chi connectivity index (χ4v) is 1.36. The predicted molar refractivity (Wildman–Crippen MR) is 63.7 cm³/mol. The standard InChI is InChI=1S/C12H12F3NO5/c13-12(14,15)21-8-3-1-7(2-4-8)10(18)16-6-5-9(17)11(19)20/h1-4,9,17H,5-6H2,(H,16,18)(H,19,20). The monoisotopic (exact) mass is 307 g/mol. The molecule has 0 radical (unpaired) electrons. The Labute approximate surface area is 117 Å². The predicted octanol–water partition coefficient (Wildman–Crippen LogP) is 1.15. The number of hydrogen-bond donors (Lipinski definition) is 3. The van der Waals surface area contributed by atoms with Crippen LogP contribution in [0.3, 0.4) is 0 Å². The van der Waals surface area contributed by atoms with Crippen molar-refractivity contribution in [2.45, 2.75) is 18.9 Å². The Morgan fingerprint density at radius 1 is 1.24 bits per heavy atom. The van der Waals surface area contributed by atoms with Gasteiger partial charge in [-0.05, 0) is 24.3 Å². The van der Waals surface area contributed by atoms with Gasteiger partial charge in [0, 0.05) is 18.5 Å². The molecule has 6 nitrogen and oxygen atoms in total. The molecular formula is C12H12F3NO5. The number of carbonyl (C=O) groups is 2. The summed E-state index contributed by atoms with van der Waals surface area (Å²) in [6.45, 7) is -0.0902. The van der Waals surface area contributed by atoms with Crippen molar-refractivity contribution in [3.8, 4) is 5.75 Å². The Morgan fingerprint density at radius 3 is 2.29 bits per heavy atom. The first-order valence-electron chi connectivity index (χ1n) is 5.74. The van der Waals surface area contributed by atoms with Crippen molar-refractivity contribution in [1.82, 2.24) is 5.32 Å². The third kappa shape index (κ3) is 6.13. The lowest BCUT2D eigenvalue weighted by Crippen LogP contribution is -2.30. The molecule has 0 heterocycles. The van der Waals surface area contributed by atoms with E-state index in [0.29, 0.717) is 0 Å².